The highest BCUT2D eigenvalue weighted by atomic mass is 35.5. The average Bonchev–Trinajstić information content (AvgIpc) is 2.40. The lowest BCUT2D eigenvalue weighted by atomic mass is 10.0. The first kappa shape index (κ1) is 14.0. The van der Waals surface area contributed by atoms with Gasteiger partial charge in [-0.1, -0.05) is 35.9 Å². The summed E-state index contributed by atoms with van der Waals surface area (Å²) in [6.07, 6.45) is 0. The molecule has 0 aromatic heterocycles. The zero-order valence-corrected chi connectivity index (χ0v) is 11.8. The van der Waals surface area contributed by atoms with Crippen molar-refractivity contribution in [3.63, 3.8) is 0 Å². The van der Waals surface area contributed by atoms with Crippen LogP contribution in [0.3, 0.4) is 0 Å². The van der Waals surface area contributed by atoms with Gasteiger partial charge in [0.2, 0.25) is 0 Å². The van der Waals surface area contributed by atoms with E-state index in [9.17, 15) is 4.39 Å². The molecule has 0 unspecified atom stereocenters. The Kier molecular flexibility index (Phi) is 4.56. The van der Waals surface area contributed by atoms with Gasteiger partial charge in [0.15, 0.2) is 0 Å². The number of hydrogen-bond donors (Lipinski definition) is 1. The summed E-state index contributed by atoms with van der Waals surface area (Å²) in [7, 11) is 0. The van der Waals surface area contributed by atoms with E-state index in [-0.39, 0.29) is 11.9 Å². The maximum atomic E-state index is 13.2. The molecule has 0 spiro atoms. The SMILES string of the molecule is Cc1ccccc1[C@H](C)NCc1cc(F)ccc1Cl. The first-order valence-electron chi connectivity index (χ1n) is 6.31. The van der Waals surface area contributed by atoms with Crippen molar-refractivity contribution in [2.75, 3.05) is 0 Å². The highest BCUT2D eigenvalue weighted by Crippen LogP contribution is 2.20. The molecule has 0 saturated carbocycles. The molecule has 2 aromatic rings. The zero-order chi connectivity index (χ0) is 13.8. The maximum Gasteiger partial charge on any atom is 0.123 e. The van der Waals surface area contributed by atoms with E-state index in [1.807, 2.05) is 12.1 Å². The van der Waals surface area contributed by atoms with Gasteiger partial charge in [-0.3, -0.25) is 0 Å². The quantitative estimate of drug-likeness (QED) is 0.858. The van der Waals surface area contributed by atoms with Crippen molar-refractivity contribution in [3.05, 3.63) is 70.0 Å². The Hall–Kier alpha value is -1.38. The van der Waals surface area contributed by atoms with Crippen molar-refractivity contribution in [2.45, 2.75) is 26.4 Å². The summed E-state index contributed by atoms with van der Waals surface area (Å²) in [5, 5.41) is 3.96. The Bertz CT molecular complexity index is 568. The van der Waals surface area contributed by atoms with Crippen molar-refractivity contribution in [1.29, 1.82) is 0 Å². The molecule has 0 aliphatic rings. The molecular weight excluding hydrogens is 261 g/mol. The Morgan fingerprint density at radius 3 is 2.68 bits per heavy atom. The molecule has 0 bridgehead atoms. The van der Waals surface area contributed by atoms with Crippen molar-refractivity contribution in [1.82, 2.24) is 5.32 Å². The van der Waals surface area contributed by atoms with Crippen LogP contribution in [-0.2, 0) is 6.54 Å². The number of benzene rings is 2. The second-order valence-electron chi connectivity index (χ2n) is 4.69. The van der Waals surface area contributed by atoms with Crippen LogP contribution in [0.1, 0.15) is 29.7 Å². The fourth-order valence-corrected chi connectivity index (χ4v) is 2.31. The van der Waals surface area contributed by atoms with Gasteiger partial charge in [-0.2, -0.15) is 0 Å². The molecule has 0 heterocycles. The molecule has 0 amide bonds. The van der Waals surface area contributed by atoms with E-state index in [1.165, 1.54) is 23.3 Å². The molecule has 0 radical (unpaired) electrons. The van der Waals surface area contributed by atoms with Gasteiger partial charge in [0.1, 0.15) is 5.82 Å². The predicted molar refractivity (Wildman–Crippen MR) is 77.8 cm³/mol. The monoisotopic (exact) mass is 277 g/mol. The topological polar surface area (TPSA) is 12.0 Å². The Labute approximate surface area is 118 Å². The normalized spacial score (nSPS) is 12.4. The smallest absolute Gasteiger partial charge is 0.123 e. The van der Waals surface area contributed by atoms with E-state index in [1.54, 1.807) is 6.07 Å². The minimum absolute atomic E-state index is 0.195. The standard InChI is InChI=1S/C16H17ClFN/c1-11-5-3-4-6-15(11)12(2)19-10-13-9-14(18)7-8-16(13)17/h3-9,12,19H,10H2,1-2H3/t12-/m0/s1. The van der Waals surface area contributed by atoms with E-state index >= 15 is 0 Å². The van der Waals surface area contributed by atoms with Crippen LogP contribution in [0.4, 0.5) is 4.39 Å². The van der Waals surface area contributed by atoms with Gasteiger partial charge in [0.25, 0.3) is 0 Å². The zero-order valence-electron chi connectivity index (χ0n) is 11.1. The molecule has 1 atom stereocenters. The highest BCUT2D eigenvalue weighted by molar-refractivity contribution is 6.31. The molecule has 2 aromatic carbocycles. The Morgan fingerprint density at radius 1 is 1.21 bits per heavy atom. The minimum atomic E-state index is -0.259. The third kappa shape index (κ3) is 3.55. The van der Waals surface area contributed by atoms with Gasteiger partial charge >= 0.3 is 0 Å². The Balaban J connectivity index is 2.06. The van der Waals surface area contributed by atoms with Gasteiger partial charge in [0.05, 0.1) is 0 Å². The molecule has 0 saturated heterocycles. The lowest BCUT2D eigenvalue weighted by Crippen LogP contribution is -2.19. The van der Waals surface area contributed by atoms with Gasteiger partial charge in [0, 0.05) is 17.6 Å². The number of hydrogen-bond acceptors (Lipinski definition) is 1. The molecule has 2 rings (SSSR count). The van der Waals surface area contributed by atoms with Crippen LogP contribution in [0.2, 0.25) is 5.02 Å². The third-order valence-corrected chi connectivity index (χ3v) is 3.63. The molecule has 100 valence electrons. The predicted octanol–water partition coefficient (Wildman–Crippen LogP) is 4.64. The largest absolute Gasteiger partial charge is 0.306 e. The average molecular weight is 278 g/mol. The van der Waals surface area contributed by atoms with E-state index in [0.29, 0.717) is 11.6 Å². The number of rotatable bonds is 4. The van der Waals surface area contributed by atoms with Crippen molar-refractivity contribution in [2.24, 2.45) is 0 Å². The van der Waals surface area contributed by atoms with Crippen molar-refractivity contribution < 1.29 is 4.39 Å². The minimum Gasteiger partial charge on any atom is -0.306 e. The molecule has 1 nitrogen and oxygen atoms in total. The number of halogens is 2. The fourth-order valence-electron chi connectivity index (χ4n) is 2.12. The highest BCUT2D eigenvalue weighted by Gasteiger charge is 2.08. The summed E-state index contributed by atoms with van der Waals surface area (Å²) >= 11 is 6.05. The van der Waals surface area contributed by atoms with Crippen LogP contribution in [0.5, 0.6) is 0 Å². The summed E-state index contributed by atoms with van der Waals surface area (Å²) < 4.78 is 13.2. The fraction of sp³-hybridized carbons (Fsp3) is 0.250. The Morgan fingerprint density at radius 2 is 1.95 bits per heavy atom. The lowest BCUT2D eigenvalue weighted by molar-refractivity contribution is 0.567. The third-order valence-electron chi connectivity index (χ3n) is 3.26. The van der Waals surface area contributed by atoms with Crippen LogP contribution in [0, 0.1) is 12.7 Å². The van der Waals surface area contributed by atoms with Crippen molar-refractivity contribution >= 4 is 11.6 Å². The van der Waals surface area contributed by atoms with E-state index in [4.69, 9.17) is 11.6 Å². The summed E-state index contributed by atoms with van der Waals surface area (Å²) in [4.78, 5) is 0. The van der Waals surface area contributed by atoms with E-state index in [0.717, 1.165) is 5.56 Å². The summed E-state index contributed by atoms with van der Waals surface area (Å²) in [5.41, 5.74) is 3.27. The van der Waals surface area contributed by atoms with Gasteiger partial charge < -0.3 is 5.32 Å². The van der Waals surface area contributed by atoms with Crippen molar-refractivity contribution in [3.8, 4) is 0 Å². The molecule has 19 heavy (non-hydrogen) atoms. The molecule has 3 heteroatoms. The first-order valence-corrected chi connectivity index (χ1v) is 6.68. The van der Waals surface area contributed by atoms with Crippen LogP contribution in [-0.4, -0.2) is 0 Å². The number of aryl methyl sites for hydroxylation is 1. The van der Waals surface area contributed by atoms with Crippen LogP contribution < -0.4 is 5.32 Å². The van der Waals surface area contributed by atoms with Crippen LogP contribution in [0.25, 0.3) is 0 Å². The van der Waals surface area contributed by atoms with Crippen LogP contribution in [0.15, 0.2) is 42.5 Å². The summed E-state index contributed by atoms with van der Waals surface area (Å²) in [6, 6.07) is 12.9. The molecule has 0 fully saturated rings. The second-order valence-corrected chi connectivity index (χ2v) is 5.10. The molecule has 0 aliphatic heterocycles. The van der Waals surface area contributed by atoms with Gasteiger partial charge in [-0.25, -0.2) is 4.39 Å². The second kappa shape index (κ2) is 6.18. The van der Waals surface area contributed by atoms with Gasteiger partial charge in [-0.05, 0) is 48.7 Å². The number of nitrogens with one attached hydrogen (secondary N) is 1. The molecular formula is C16H17ClFN. The maximum absolute atomic E-state index is 13.2. The molecule has 0 aliphatic carbocycles. The van der Waals surface area contributed by atoms with Gasteiger partial charge in [-0.15, -0.1) is 0 Å². The molecule has 1 N–H and O–H groups in total. The lowest BCUT2D eigenvalue weighted by Gasteiger charge is -2.17. The summed E-state index contributed by atoms with van der Waals surface area (Å²) in [5.74, 6) is -0.259. The van der Waals surface area contributed by atoms with E-state index in [2.05, 4.69) is 31.3 Å². The summed E-state index contributed by atoms with van der Waals surface area (Å²) in [6.45, 7) is 4.73. The first-order chi connectivity index (χ1) is 9.08. The van der Waals surface area contributed by atoms with E-state index < -0.39 is 0 Å². The van der Waals surface area contributed by atoms with Crippen LogP contribution >= 0.6 is 11.6 Å².